The normalized spacial score (nSPS) is 10.0. The molecule has 4 heteroatoms. The van der Waals surface area contributed by atoms with Crippen molar-refractivity contribution in [2.45, 2.75) is 6.42 Å². The zero-order valence-electron chi connectivity index (χ0n) is 9.78. The Hall–Kier alpha value is -2.36. The lowest BCUT2D eigenvalue weighted by Gasteiger charge is -2.05. The van der Waals surface area contributed by atoms with Crippen molar-refractivity contribution >= 4 is 5.69 Å². The smallest absolute Gasteiger partial charge is 0.269 e. The van der Waals surface area contributed by atoms with Crippen LogP contribution in [0.25, 0.3) is 0 Å². The van der Waals surface area contributed by atoms with Gasteiger partial charge in [-0.15, -0.1) is 0 Å². The second kappa shape index (κ2) is 5.82. The van der Waals surface area contributed by atoms with Gasteiger partial charge in [-0.1, -0.05) is 30.3 Å². The van der Waals surface area contributed by atoms with Crippen LogP contribution < -0.4 is 4.74 Å². The maximum absolute atomic E-state index is 10.5. The molecule has 0 spiro atoms. The number of hydrogen-bond donors (Lipinski definition) is 0. The van der Waals surface area contributed by atoms with Crippen molar-refractivity contribution in [1.29, 1.82) is 0 Å². The van der Waals surface area contributed by atoms with Gasteiger partial charge < -0.3 is 4.74 Å². The molecule has 0 fully saturated rings. The van der Waals surface area contributed by atoms with Crippen LogP contribution in [0.2, 0.25) is 0 Å². The Morgan fingerprint density at radius 3 is 2.28 bits per heavy atom. The molecule has 0 aliphatic rings. The zero-order valence-corrected chi connectivity index (χ0v) is 9.78. The number of non-ortho nitro benzene ring substituents is 1. The number of nitro benzene ring substituents is 1. The van der Waals surface area contributed by atoms with E-state index in [4.69, 9.17) is 4.74 Å². The van der Waals surface area contributed by atoms with Gasteiger partial charge in [-0.2, -0.15) is 0 Å². The molecular formula is C14H13NO3. The zero-order chi connectivity index (χ0) is 12.8. The van der Waals surface area contributed by atoms with E-state index in [0.29, 0.717) is 6.61 Å². The van der Waals surface area contributed by atoms with Crippen molar-refractivity contribution in [3.63, 3.8) is 0 Å². The summed E-state index contributed by atoms with van der Waals surface area (Å²) in [6.45, 7) is 0.557. The summed E-state index contributed by atoms with van der Waals surface area (Å²) < 4.78 is 5.55. The molecule has 0 atom stereocenters. The molecule has 0 N–H and O–H groups in total. The van der Waals surface area contributed by atoms with E-state index in [1.807, 2.05) is 30.3 Å². The predicted molar refractivity (Wildman–Crippen MR) is 68.7 cm³/mol. The number of nitrogens with zero attached hydrogens (tertiary/aromatic N) is 1. The van der Waals surface area contributed by atoms with Crippen LogP contribution in [-0.4, -0.2) is 11.5 Å². The van der Waals surface area contributed by atoms with Crippen molar-refractivity contribution in [2.24, 2.45) is 0 Å². The Kier molecular flexibility index (Phi) is 3.91. The van der Waals surface area contributed by atoms with Crippen LogP contribution in [0.4, 0.5) is 5.69 Å². The first-order valence-corrected chi connectivity index (χ1v) is 5.67. The maximum atomic E-state index is 10.5. The van der Waals surface area contributed by atoms with E-state index < -0.39 is 4.92 Å². The summed E-state index contributed by atoms with van der Waals surface area (Å²) in [6, 6.07) is 16.1. The fourth-order valence-electron chi connectivity index (χ4n) is 1.59. The number of benzene rings is 2. The Morgan fingerprint density at radius 2 is 1.67 bits per heavy atom. The third-order valence-corrected chi connectivity index (χ3v) is 2.55. The molecule has 0 amide bonds. The van der Waals surface area contributed by atoms with Crippen LogP contribution >= 0.6 is 0 Å². The van der Waals surface area contributed by atoms with Crippen LogP contribution in [0.5, 0.6) is 5.75 Å². The van der Waals surface area contributed by atoms with E-state index in [1.54, 1.807) is 12.1 Å². The van der Waals surface area contributed by atoms with Gasteiger partial charge in [0.25, 0.3) is 5.69 Å². The van der Waals surface area contributed by atoms with Gasteiger partial charge in [-0.25, -0.2) is 0 Å². The van der Waals surface area contributed by atoms with Gasteiger partial charge in [-0.05, 0) is 17.7 Å². The number of para-hydroxylation sites is 1. The molecule has 18 heavy (non-hydrogen) atoms. The molecule has 0 saturated heterocycles. The number of rotatable bonds is 5. The number of ether oxygens (including phenoxy) is 1. The Balaban J connectivity index is 1.85. The summed E-state index contributed by atoms with van der Waals surface area (Å²) >= 11 is 0. The van der Waals surface area contributed by atoms with Gasteiger partial charge in [0, 0.05) is 18.6 Å². The molecule has 4 nitrogen and oxygen atoms in total. The standard InChI is InChI=1S/C14H13NO3/c16-15(17)13-8-6-12(7-9-13)10-11-18-14-4-2-1-3-5-14/h1-9H,10-11H2. The maximum Gasteiger partial charge on any atom is 0.269 e. The quantitative estimate of drug-likeness (QED) is 0.598. The molecule has 0 radical (unpaired) electrons. The lowest BCUT2D eigenvalue weighted by atomic mass is 10.1. The van der Waals surface area contributed by atoms with Crippen molar-refractivity contribution < 1.29 is 9.66 Å². The van der Waals surface area contributed by atoms with Gasteiger partial charge in [0.1, 0.15) is 5.75 Å². The minimum absolute atomic E-state index is 0.114. The molecule has 92 valence electrons. The van der Waals surface area contributed by atoms with Gasteiger partial charge in [0.05, 0.1) is 11.5 Å². The molecule has 0 aromatic heterocycles. The minimum atomic E-state index is -0.399. The first-order valence-electron chi connectivity index (χ1n) is 5.67. The van der Waals surface area contributed by atoms with E-state index in [1.165, 1.54) is 12.1 Å². The molecule has 0 bridgehead atoms. The molecule has 2 aromatic rings. The van der Waals surface area contributed by atoms with E-state index >= 15 is 0 Å². The molecule has 0 saturated carbocycles. The third-order valence-electron chi connectivity index (χ3n) is 2.55. The lowest BCUT2D eigenvalue weighted by molar-refractivity contribution is -0.384. The van der Waals surface area contributed by atoms with Crippen LogP contribution in [0.3, 0.4) is 0 Å². The average Bonchev–Trinajstić information content (AvgIpc) is 2.40. The fourth-order valence-corrected chi connectivity index (χ4v) is 1.59. The Labute approximate surface area is 105 Å². The summed E-state index contributed by atoms with van der Waals surface area (Å²) in [5.74, 6) is 0.833. The summed E-state index contributed by atoms with van der Waals surface area (Å²) in [7, 11) is 0. The van der Waals surface area contributed by atoms with Gasteiger partial charge in [0.2, 0.25) is 0 Å². The lowest BCUT2D eigenvalue weighted by Crippen LogP contribution is -2.01. The minimum Gasteiger partial charge on any atom is -0.493 e. The van der Waals surface area contributed by atoms with Gasteiger partial charge in [0.15, 0.2) is 0 Å². The molecule has 0 aliphatic heterocycles. The van der Waals surface area contributed by atoms with E-state index in [2.05, 4.69) is 0 Å². The summed E-state index contributed by atoms with van der Waals surface area (Å²) in [6.07, 6.45) is 0.729. The van der Waals surface area contributed by atoms with Gasteiger partial charge >= 0.3 is 0 Å². The highest BCUT2D eigenvalue weighted by Gasteiger charge is 2.03. The SMILES string of the molecule is O=[N+]([O-])c1ccc(CCOc2ccccc2)cc1. The van der Waals surface area contributed by atoms with Crippen LogP contribution in [0, 0.1) is 10.1 Å². The monoisotopic (exact) mass is 243 g/mol. The Morgan fingerprint density at radius 1 is 1.00 bits per heavy atom. The third kappa shape index (κ3) is 3.31. The molecule has 0 unspecified atom stereocenters. The van der Waals surface area contributed by atoms with Crippen LogP contribution in [0.1, 0.15) is 5.56 Å². The van der Waals surface area contributed by atoms with Crippen molar-refractivity contribution in [3.05, 3.63) is 70.3 Å². The summed E-state index contributed by atoms with van der Waals surface area (Å²) in [5, 5.41) is 10.5. The molecule has 2 rings (SSSR count). The first-order chi connectivity index (χ1) is 8.75. The molecule has 0 aliphatic carbocycles. The van der Waals surface area contributed by atoms with Crippen LogP contribution in [-0.2, 0) is 6.42 Å². The van der Waals surface area contributed by atoms with E-state index in [-0.39, 0.29) is 5.69 Å². The second-order valence-electron chi connectivity index (χ2n) is 3.84. The Bertz CT molecular complexity index is 508. The second-order valence-corrected chi connectivity index (χ2v) is 3.84. The highest BCUT2D eigenvalue weighted by Crippen LogP contribution is 2.13. The average molecular weight is 243 g/mol. The first kappa shape index (κ1) is 12.1. The number of hydrogen-bond acceptors (Lipinski definition) is 3. The van der Waals surface area contributed by atoms with Gasteiger partial charge in [-0.3, -0.25) is 10.1 Å². The molecule has 0 heterocycles. The molecule has 2 aromatic carbocycles. The molecular weight excluding hydrogens is 230 g/mol. The summed E-state index contributed by atoms with van der Waals surface area (Å²) in [4.78, 5) is 10.1. The topological polar surface area (TPSA) is 52.4 Å². The van der Waals surface area contributed by atoms with Crippen molar-refractivity contribution in [1.82, 2.24) is 0 Å². The van der Waals surface area contributed by atoms with Crippen LogP contribution in [0.15, 0.2) is 54.6 Å². The van der Waals surface area contributed by atoms with E-state index in [0.717, 1.165) is 17.7 Å². The predicted octanol–water partition coefficient (Wildman–Crippen LogP) is 3.22. The highest BCUT2D eigenvalue weighted by molar-refractivity contribution is 5.33. The van der Waals surface area contributed by atoms with E-state index in [9.17, 15) is 10.1 Å². The van der Waals surface area contributed by atoms with Crippen molar-refractivity contribution in [3.8, 4) is 5.75 Å². The summed E-state index contributed by atoms with van der Waals surface area (Å²) in [5.41, 5.74) is 1.14. The fraction of sp³-hybridized carbons (Fsp3) is 0.143. The van der Waals surface area contributed by atoms with Crippen molar-refractivity contribution in [2.75, 3.05) is 6.61 Å². The highest BCUT2D eigenvalue weighted by atomic mass is 16.6. The number of nitro groups is 1. The largest absolute Gasteiger partial charge is 0.493 e.